The Morgan fingerprint density at radius 1 is 1.20 bits per heavy atom. The highest BCUT2D eigenvalue weighted by molar-refractivity contribution is 5.88. The highest BCUT2D eigenvalue weighted by Gasteiger charge is 2.19. The lowest BCUT2D eigenvalue weighted by Crippen LogP contribution is -2.41. The second-order valence-electron chi connectivity index (χ2n) is 4.29. The predicted molar refractivity (Wildman–Crippen MR) is 70.3 cm³/mol. The summed E-state index contributed by atoms with van der Waals surface area (Å²) in [5.74, 6) is -2.08. The third kappa shape index (κ3) is 4.36. The Balaban J connectivity index is 2.80. The summed E-state index contributed by atoms with van der Waals surface area (Å²) in [6.45, 7) is 2.46. The molecule has 7 heteroatoms. The van der Waals surface area contributed by atoms with Gasteiger partial charge in [0.2, 0.25) is 11.8 Å². The van der Waals surface area contributed by atoms with Crippen molar-refractivity contribution in [3.05, 3.63) is 29.8 Å². The van der Waals surface area contributed by atoms with E-state index in [0.717, 1.165) is 0 Å². The number of carbonyl (C=O) groups excluding carboxylic acids is 2. The molecule has 0 saturated heterocycles. The van der Waals surface area contributed by atoms with Gasteiger partial charge < -0.3 is 10.4 Å². The first-order valence-electron chi connectivity index (χ1n) is 5.89. The Morgan fingerprint density at radius 3 is 2.15 bits per heavy atom. The quantitative estimate of drug-likeness (QED) is 0.539. The number of carboxylic acid groups (broad SMARTS) is 1. The minimum atomic E-state index is -1.13. The van der Waals surface area contributed by atoms with Crippen molar-refractivity contribution < 1.29 is 24.7 Å². The number of carboxylic acids is 1. The van der Waals surface area contributed by atoms with Gasteiger partial charge in [-0.25, -0.2) is 4.79 Å². The fraction of sp³-hybridized carbons (Fsp3) is 0.308. The topological polar surface area (TPSA) is 107 Å². The van der Waals surface area contributed by atoms with Gasteiger partial charge in [0.05, 0.1) is 5.69 Å². The van der Waals surface area contributed by atoms with Crippen LogP contribution in [0.3, 0.4) is 0 Å². The van der Waals surface area contributed by atoms with Crippen LogP contribution < -0.4 is 10.4 Å². The normalized spacial score (nSPS) is 11.6. The van der Waals surface area contributed by atoms with E-state index in [0.29, 0.717) is 10.6 Å². The Kier molecular flexibility index (Phi) is 5.22. The van der Waals surface area contributed by atoms with Crippen molar-refractivity contribution in [2.45, 2.75) is 26.3 Å². The lowest BCUT2D eigenvalue weighted by atomic mass is 10.1. The zero-order valence-electron chi connectivity index (χ0n) is 11.2. The van der Waals surface area contributed by atoms with Crippen molar-refractivity contribution in [3.63, 3.8) is 0 Å². The second-order valence-corrected chi connectivity index (χ2v) is 4.29. The average molecular weight is 280 g/mol. The summed E-state index contributed by atoms with van der Waals surface area (Å²) >= 11 is 0. The number of rotatable bonds is 5. The van der Waals surface area contributed by atoms with Crippen molar-refractivity contribution >= 4 is 23.5 Å². The lowest BCUT2D eigenvalue weighted by Gasteiger charge is -2.15. The molecule has 1 aromatic carbocycles. The maximum atomic E-state index is 11.0. The van der Waals surface area contributed by atoms with Gasteiger partial charge in [0.15, 0.2) is 0 Å². The number of hydroxylamine groups is 1. The second kappa shape index (κ2) is 6.67. The monoisotopic (exact) mass is 280 g/mol. The van der Waals surface area contributed by atoms with Crippen LogP contribution in [0.15, 0.2) is 24.3 Å². The highest BCUT2D eigenvalue weighted by atomic mass is 16.5. The molecule has 0 aliphatic carbocycles. The number of nitrogens with zero attached hydrogens (tertiary/aromatic N) is 1. The Labute approximate surface area is 115 Å². The summed E-state index contributed by atoms with van der Waals surface area (Å²) < 4.78 is 0. The zero-order chi connectivity index (χ0) is 15.3. The Hall–Kier alpha value is -2.41. The molecule has 0 saturated carbocycles. The van der Waals surface area contributed by atoms with E-state index in [4.69, 9.17) is 5.11 Å². The summed E-state index contributed by atoms with van der Waals surface area (Å²) in [7, 11) is 0. The number of amides is 2. The SMILES string of the molecule is CC(=O)NC(Cc1ccc(N(O)C(C)=O)cc1)C(=O)O. The van der Waals surface area contributed by atoms with E-state index in [2.05, 4.69) is 5.32 Å². The molecule has 1 aromatic rings. The van der Waals surface area contributed by atoms with Gasteiger partial charge in [-0.3, -0.25) is 14.8 Å². The number of carbonyl (C=O) groups is 3. The molecule has 0 bridgehead atoms. The van der Waals surface area contributed by atoms with Gasteiger partial charge in [-0.1, -0.05) is 12.1 Å². The molecule has 0 aliphatic rings. The Bertz CT molecular complexity index is 512. The fourth-order valence-corrected chi connectivity index (χ4v) is 1.64. The molecule has 2 amide bonds. The maximum absolute atomic E-state index is 11.0. The third-order valence-electron chi connectivity index (χ3n) is 2.59. The van der Waals surface area contributed by atoms with E-state index >= 15 is 0 Å². The molecule has 0 fully saturated rings. The van der Waals surface area contributed by atoms with Crippen molar-refractivity contribution in [1.29, 1.82) is 0 Å². The first kappa shape index (κ1) is 15.6. The number of hydrogen-bond acceptors (Lipinski definition) is 4. The number of nitrogens with one attached hydrogen (secondary N) is 1. The molecule has 7 nitrogen and oxygen atoms in total. The minimum absolute atomic E-state index is 0.112. The molecular weight excluding hydrogens is 264 g/mol. The van der Waals surface area contributed by atoms with E-state index < -0.39 is 23.8 Å². The number of benzene rings is 1. The molecule has 108 valence electrons. The summed E-state index contributed by atoms with van der Waals surface area (Å²) in [5, 5.41) is 21.2. The van der Waals surface area contributed by atoms with Gasteiger partial charge in [0, 0.05) is 20.3 Å². The van der Waals surface area contributed by atoms with Crippen LogP contribution in [0.2, 0.25) is 0 Å². The molecule has 3 N–H and O–H groups in total. The number of anilines is 1. The van der Waals surface area contributed by atoms with Crippen LogP contribution in [0.25, 0.3) is 0 Å². The van der Waals surface area contributed by atoms with Crippen LogP contribution in [0.5, 0.6) is 0 Å². The van der Waals surface area contributed by atoms with Crippen LogP contribution in [-0.4, -0.2) is 34.1 Å². The molecule has 0 aromatic heterocycles. The standard InChI is InChI=1S/C13H16N2O5/c1-8(16)14-12(13(18)19)7-10-3-5-11(6-4-10)15(20)9(2)17/h3-6,12,20H,7H2,1-2H3,(H,14,16)(H,18,19). The van der Waals surface area contributed by atoms with E-state index in [-0.39, 0.29) is 12.1 Å². The summed E-state index contributed by atoms with van der Waals surface area (Å²) in [6.07, 6.45) is 0.112. The van der Waals surface area contributed by atoms with Gasteiger partial charge in [-0.2, -0.15) is 5.06 Å². The molecule has 0 heterocycles. The van der Waals surface area contributed by atoms with E-state index in [1.165, 1.54) is 26.0 Å². The van der Waals surface area contributed by atoms with E-state index in [1.807, 2.05) is 0 Å². The van der Waals surface area contributed by atoms with Crippen LogP contribution >= 0.6 is 0 Å². The zero-order valence-corrected chi connectivity index (χ0v) is 11.2. The summed E-state index contributed by atoms with van der Waals surface area (Å²) in [5.41, 5.74) is 0.944. The van der Waals surface area contributed by atoms with Crippen LogP contribution in [-0.2, 0) is 20.8 Å². The van der Waals surface area contributed by atoms with Crippen molar-refractivity contribution in [1.82, 2.24) is 5.32 Å². The molecule has 0 radical (unpaired) electrons. The summed E-state index contributed by atoms with van der Waals surface area (Å²) in [4.78, 5) is 32.9. The molecule has 0 aliphatic heterocycles. The van der Waals surface area contributed by atoms with Gasteiger partial charge in [-0.05, 0) is 17.7 Å². The molecular formula is C13H16N2O5. The van der Waals surface area contributed by atoms with Gasteiger partial charge >= 0.3 is 5.97 Å². The van der Waals surface area contributed by atoms with Gasteiger partial charge in [-0.15, -0.1) is 0 Å². The van der Waals surface area contributed by atoms with Crippen molar-refractivity contribution in [2.24, 2.45) is 0 Å². The van der Waals surface area contributed by atoms with Gasteiger partial charge in [0.25, 0.3) is 0 Å². The molecule has 0 spiro atoms. The maximum Gasteiger partial charge on any atom is 0.326 e. The average Bonchev–Trinajstić information content (AvgIpc) is 2.37. The fourth-order valence-electron chi connectivity index (χ4n) is 1.64. The largest absolute Gasteiger partial charge is 0.480 e. The predicted octanol–water partition coefficient (Wildman–Crippen LogP) is 0.560. The number of hydrogen-bond donors (Lipinski definition) is 3. The molecule has 1 unspecified atom stereocenters. The molecule has 1 rings (SSSR count). The van der Waals surface area contributed by atoms with Crippen LogP contribution in [0.1, 0.15) is 19.4 Å². The first-order valence-corrected chi connectivity index (χ1v) is 5.89. The molecule has 1 atom stereocenters. The van der Waals surface area contributed by atoms with E-state index in [9.17, 15) is 19.6 Å². The lowest BCUT2D eigenvalue weighted by molar-refractivity contribution is -0.141. The molecule has 20 heavy (non-hydrogen) atoms. The van der Waals surface area contributed by atoms with Crippen LogP contribution in [0.4, 0.5) is 5.69 Å². The van der Waals surface area contributed by atoms with E-state index in [1.54, 1.807) is 12.1 Å². The Morgan fingerprint density at radius 2 is 1.75 bits per heavy atom. The van der Waals surface area contributed by atoms with Crippen molar-refractivity contribution in [2.75, 3.05) is 5.06 Å². The number of aliphatic carboxylic acids is 1. The van der Waals surface area contributed by atoms with Gasteiger partial charge in [0.1, 0.15) is 6.04 Å². The minimum Gasteiger partial charge on any atom is -0.480 e. The highest BCUT2D eigenvalue weighted by Crippen LogP contribution is 2.15. The first-order chi connectivity index (χ1) is 9.31. The summed E-state index contributed by atoms with van der Waals surface area (Å²) in [6, 6.07) is 5.13. The third-order valence-corrected chi connectivity index (χ3v) is 2.59. The van der Waals surface area contributed by atoms with Crippen molar-refractivity contribution in [3.8, 4) is 0 Å². The van der Waals surface area contributed by atoms with Crippen LogP contribution in [0, 0.1) is 0 Å². The smallest absolute Gasteiger partial charge is 0.326 e.